The first-order valence-electron chi connectivity index (χ1n) is 9.29. The quantitative estimate of drug-likeness (QED) is 0.654. The number of hydrogen-bond donors (Lipinski definition) is 1. The first-order chi connectivity index (χ1) is 14.3. The van der Waals surface area contributed by atoms with E-state index in [1.807, 2.05) is 0 Å². The van der Waals surface area contributed by atoms with Gasteiger partial charge in [-0.1, -0.05) is 27.5 Å². The van der Waals surface area contributed by atoms with Gasteiger partial charge in [0.15, 0.2) is 0 Å². The van der Waals surface area contributed by atoms with Crippen LogP contribution in [-0.2, 0) is 9.53 Å². The number of ether oxygens (including phenoxy) is 1. The van der Waals surface area contributed by atoms with Gasteiger partial charge in [-0.15, -0.1) is 0 Å². The fourth-order valence-corrected chi connectivity index (χ4v) is 3.84. The molecule has 0 unspecified atom stereocenters. The average molecular weight is 495 g/mol. The topological polar surface area (TPSA) is 79.0 Å². The summed E-state index contributed by atoms with van der Waals surface area (Å²) in [4.78, 5) is 40.4. The number of nitrogens with zero attached hydrogens (tertiary/aromatic N) is 2. The van der Waals surface area contributed by atoms with Crippen LogP contribution in [0.25, 0.3) is 0 Å². The maximum Gasteiger partial charge on any atom is 0.337 e. The summed E-state index contributed by atoms with van der Waals surface area (Å²) in [6.45, 7) is 3.93. The maximum absolute atomic E-state index is 12.9. The normalized spacial score (nSPS) is 13.7. The minimum absolute atomic E-state index is 0.0357. The highest BCUT2D eigenvalue weighted by Gasteiger charge is 2.23. The van der Waals surface area contributed by atoms with Gasteiger partial charge in [0.2, 0.25) is 5.91 Å². The molecule has 1 aliphatic rings. The van der Waals surface area contributed by atoms with E-state index in [2.05, 4.69) is 26.1 Å². The van der Waals surface area contributed by atoms with Gasteiger partial charge in [0.05, 0.1) is 34.6 Å². The Morgan fingerprint density at radius 3 is 2.40 bits per heavy atom. The summed E-state index contributed by atoms with van der Waals surface area (Å²) in [6, 6.07) is 10.0. The molecule has 158 valence electrons. The summed E-state index contributed by atoms with van der Waals surface area (Å²) < 4.78 is 5.53. The molecule has 0 spiro atoms. The zero-order valence-corrected chi connectivity index (χ0v) is 18.9. The van der Waals surface area contributed by atoms with E-state index in [1.54, 1.807) is 48.2 Å². The number of halogens is 2. The predicted molar refractivity (Wildman–Crippen MR) is 119 cm³/mol. The summed E-state index contributed by atoms with van der Waals surface area (Å²) in [5.74, 6) is -0.862. The molecule has 1 aliphatic heterocycles. The van der Waals surface area contributed by atoms with Gasteiger partial charge in [-0.2, -0.15) is 0 Å². The first kappa shape index (κ1) is 22.1. The standard InChI is InChI=1S/C21H21BrClN3O4/c1-13(27)25-7-9-26(10-8-25)19-6-3-14(21(29)30-2)11-18(19)24-20(28)16-12-15(22)4-5-17(16)23/h3-6,11-12H,7-10H2,1-2H3,(H,24,28). The Morgan fingerprint density at radius 1 is 1.07 bits per heavy atom. The van der Waals surface area contributed by atoms with E-state index in [9.17, 15) is 14.4 Å². The number of amides is 2. The highest BCUT2D eigenvalue weighted by Crippen LogP contribution is 2.30. The minimum Gasteiger partial charge on any atom is -0.465 e. The van der Waals surface area contributed by atoms with Gasteiger partial charge in [0, 0.05) is 37.6 Å². The van der Waals surface area contributed by atoms with Crippen LogP contribution >= 0.6 is 27.5 Å². The third-order valence-corrected chi connectivity index (χ3v) is 5.73. The molecule has 0 bridgehead atoms. The molecule has 30 heavy (non-hydrogen) atoms. The second-order valence-corrected chi connectivity index (χ2v) is 8.12. The van der Waals surface area contributed by atoms with Gasteiger partial charge in [-0.05, 0) is 36.4 Å². The summed E-state index contributed by atoms with van der Waals surface area (Å²) >= 11 is 9.54. The first-order valence-corrected chi connectivity index (χ1v) is 10.5. The predicted octanol–water partition coefficient (Wildman–Crippen LogP) is 3.81. The van der Waals surface area contributed by atoms with Crippen molar-refractivity contribution in [2.24, 2.45) is 0 Å². The van der Waals surface area contributed by atoms with Crippen LogP contribution in [-0.4, -0.2) is 56.0 Å². The molecule has 1 heterocycles. The minimum atomic E-state index is -0.501. The second-order valence-electron chi connectivity index (χ2n) is 6.79. The molecule has 1 saturated heterocycles. The zero-order chi connectivity index (χ0) is 21.8. The van der Waals surface area contributed by atoms with E-state index < -0.39 is 11.9 Å². The van der Waals surface area contributed by atoms with Crippen LogP contribution in [0.1, 0.15) is 27.6 Å². The highest BCUT2D eigenvalue weighted by molar-refractivity contribution is 9.10. The van der Waals surface area contributed by atoms with Crippen molar-refractivity contribution in [3.63, 3.8) is 0 Å². The molecule has 0 radical (unpaired) electrons. The third kappa shape index (κ3) is 4.94. The summed E-state index contributed by atoms with van der Waals surface area (Å²) in [5, 5.41) is 3.19. The summed E-state index contributed by atoms with van der Waals surface area (Å²) in [5.41, 5.74) is 1.85. The Balaban J connectivity index is 1.92. The van der Waals surface area contributed by atoms with E-state index >= 15 is 0 Å². The smallest absolute Gasteiger partial charge is 0.337 e. The van der Waals surface area contributed by atoms with Crippen LogP contribution in [0.15, 0.2) is 40.9 Å². The van der Waals surface area contributed by atoms with Crippen molar-refractivity contribution >= 4 is 56.7 Å². The number of nitrogens with one attached hydrogen (secondary N) is 1. The van der Waals surface area contributed by atoms with Crippen molar-refractivity contribution in [1.82, 2.24) is 4.90 Å². The van der Waals surface area contributed by atoms with Crippen molar-refractivity contribution in [3.05, 3.63) is 57.0 Å². The van der Waals surface area contributed by atoms with Crippen LogP contribution in [0.2, 0.25) is 5.02 Å². The molecule has 0 atom stereocenters. The van der Waals surface area contributed by atoms with E-state index in [0.717, 1.165) is 10.2 Å². The van der Waals surface area contributed by atoms with Gasteiger partial charge < -0.3 is 19.9 Å². The molecule has 7 nitrogen and oxygen atoms in total. The third-order valence-electron chi connectivity index (χ3n) is 4.90. The van der Waals surface area contributed by atoms with Gasteiger partial charge in [0.1, 0.15) is 0 Å². The second kappa shape index (κ2) is 9.49. The Labute approximate surface area is 188 Å². The largest absolute Gasteiger partial charge is 0.465 e. The lowest BCUT2D eigenvalue weighted by molar-refractivity contribution is -0.129. The Morgan fingerprint density at radius 2 is 1.77 bits per heavy atom. The van der Waals surface area contributed by atoms with E-state index in [-0.39, 0.29) is 5.91 Å². The van der Waals surface area contributed by atoms with E-state index in [0.29, 0.717) is 48.0 Å². The Bertz CT molecular complexity index is 990. The molecule has 0 saturated carbocycles. The molecule has 2 amide bonds. The van der Waals surface area contributed by atoms with Gasteiger partial charge in [-0.25, -0.2) is 4.79 Å². The molecular formula is C21H21BrClN3O4. The van der Waals surface area contributed by atoms with E-state index in [4.69, 9.17) is 16.3 Å². The number of piperazine rings is 1. The van der Waals surface area contributed by atoms with Crippen LogP contribution in [0, 0.1) is 0 Å². The zero-order valence-electron chi connectivity index (χ0n) is 16.6. The van der Waals surface area contributed by atoms with Crippen LogP contribution in [0.5, 0.6) is 0 Å². The monoisotopic (exact) mass is 493 g/mol. The van der Waals surface area contributed by atoms with Crippen molar-refractivity contribution in [2.75, 3.05) is 43.5 Å². The highest BCUT2D eigenvalue weighted by atomic mass is 79.9. The van der Waals surface area contributed by atoms with Gasteiger partial charge >= 0.3 is 5.97 Å². The number of hydrogen-bond acceptors (Lipinski definition) is 5. The van der Waals surface area contributed by atoms with Gasteiger partial charge in [0.25, 0.3) is 5.91 Å². The number of anilines is 2. The van der Waals surface area contributed by atoms with Crippen molar-refractivity contribution < 1.29 is 19.1 Å². The fourth-order valence-electron chi connectivity index (χ4n) is 3.28. The molecule has 1 N–H and O–H groups in total. The molecular weight excluding hydrogens is 474 g/mol. The molecule has 3 rings (SSSR count). The summed E-state index contributed by atoms with van der Waals surface area (Å²) in [6.07, 6.45) is 0. The number of esters is 1. The molecule has 1 fully saturated rings. The molecule has 0 aromatic heterocycles. The average Bonchev–Trinajstić information content (AvgIpc) is 2.74. The van der Waals surface area contributed by atoms with Crippen LogP contribution < -0.4 is 10.2 Å². The van der Waals surface area contributed by atoms with Gasteiger partial charge in [-0.3, -0.25) is 9.59 Å². The Kier molecular flexibility index (Phi) is 6.99. The molecule has 2 aromatic rings. The number of carbonyl (C=O) groups is 3. The Hall–Kier alpha value is -2.58. The number of carbonyl (C=O) groups excluding carboxylic acids is 3. The summed E-state index contributed by atoms with van der Waals surface area (Å²) in [7, 11) is 1.30. The number of methoxy groups -OCH3 is 1. The fraction of sp³-hybridized carbons (Fsp3) is 0.286. The molecule has 2 aromatic carbocycles. The lowest BCUT2D eigenvalue weighted by Gasteiger charge is -2.36. The van der Waals surface area contributed by atoms with E-state index in [1.165, 1.54) is 7.11 Å². The number of benzene rings is 2. The maximum atomic E-state index is 12.9. The molecule has 9 heteroatoms. The SMILES string of the molecule is COC(=O)c1ccc(N2CCN(C(C)=O)CC2)c(NC(=O)c2cc(Br)ccc2Cl)c1. The molecule has 0 aliphatic carbocycles. The number of rotatable bonds is 4. The lowest BCUT2D eigenvalue weighted by atomic mass is 10.1. The van der Waals surface area contributed by atoms with Crippen LogP contribution in [0.3, 0.4) is 0 Å². The lowest BCUT2D eigenvalue weighted by Crippen LogP contribution is -2.48. The van der Waals surface area contributed by atoms with Crippen molar-refractivity contribution in [1.29, 1.82) is 0 Å². The van der Waals surface area contributed by atoms with Crippen LogP contribution in [0.4, 0.5) is 11.4 Å². The van der Waals surface area contributed by atoms with Crippen molar-refractivity contribution in [2.45, 2.75) is 6.92 Å². The van der Waals surface area contributed by atoms with Crippen molar-refractivity contribution in [3.8, 4) is 0 Å².